The van der Waals surface area contributed by atoms with Crippen molar-refractivity contribution in [3.05, 3.63) is 33.4 Å². The highest BCUT2D eigenvalue weighted by molar-refractivity contribution is 5.71. The second-order valence-electron chi connectivity index (χ2n) is 4.67. The van der Waals surface area contributed by atoms with Gasteiger partial charge in [-0.3, -0.25) is 0 Å². The third-order valence-corrected chi connectivity index (χ3v) is 3.69. The molecule has 0 aromatic heterocycles. The van der Waals surface area contributed by atoms with Gasteiger partial charge in [0.15, 0.2) is 0 Å². The molecule has 1 aromatic rings. The van der Waals surface area contributed by atoms with Crippen LogP contribution in [0.5, 0.6) is 0 Å². The van der Waals surface area contributed by atoms with Gasteiger partial charge in [0.05, 0.1) is 0 Å². The molecule has 0 aliphatic heterocycles. The molecule has 0 aliphatic carbocycles. The Kier molecular flexibility index (Phi) is 6.75. The first-order valence-corrected chi connectivity index (χ1v) is 6.93. The quantitative estimate of drug-likeness (QED) is 0.701. The third kappa shape index (κ3) is 3.38. The lowest BCUT2D eigenvalue weighted by Gasteiger charge is -2.16. The fourth-order valence-corrected chi connectivity index (χ4v) is 1.96. The van der Waals surface area contributed by atoms with Crippen LogP contribution in [-0.2, 0) is 0 Å². The number of hydrogen-bond donors (Lipinski definition) is 1. The lowest BCUT2D eigenvalue weighted by molar-refractivity contribution is 1.11. The minimum atomic E-state index is 0.943. The molecule has 0 fully saturated rings. The second kappa shape index (κ2) is 7.25. The molecular formula is C17H29N. The Morgan fingerprint density at radius 2 is 1.44 bits per heavy atom. The summed E-state index contributed by atoms with van der Waals surface area (Å²) in [6.45, 7) is 16.9. The van der Waals surface area contributed by atoms with E-state index in [2.05, 4.69) is 47.6 Å². The zero-order chi connectivity index (χ0) is 14.5. The van der Waals surface area contributed by atoms with Crippen molar-refractivity contribution < 1.29 is 0 Å². The van der Waals surface area contributed by atoms with E-state index in [1.54, 1.807) is 0 Å². The Balaban J connectivity index is 0.00000137. The highest BCUT2D eigenvalue weighted by atomic mass is 14.6. The van der Waals surface area contributed by atoms with Gasteiger partial charge in [0, 0.05) is 5.69 Å². The van der Waals surface area contributed by atoms with Gasteiger partial charge in [0.1, 0.15) is 0 Å². The highest BCUT2D eigenvalue weighted by Gasteiger charge is 2.10. The van der Waals surface area contributed by atoms with E-state index in [0.29, 0.717) is 0 Å². The van der Waals surface area contributed by atoms with Gasteiger partial charge in [-0.25, -0.2) is 0 Å². The van der Waals surface area contributed by atoms with Crippen molar-refractivity contribution in [1.82, 2.24) is 0 Å². The lowest BCUT2D eigenvalue weighted by Crippen LogP contribution is -2.02. The van der Waals surface area contributed by atoms with Gasteiger partial charge in [0.2, 0.25) is 0 Å². The Morgan fingerprint density at radius 3 is 1.89 bits per heavy atom. The molecular weight excluding hydrogens is 218 g/mol. The van der Waals surface area contributed by atoms with Gasteiger partial charge in [-0.1, -0.05) is 32.4 Å². The van der Waals surface area contributed by atoms with Crippen molar-refractivity contribution in [1.29, 1.82) is 0 Å². The SMILES string of the molecule is CC.CC/C(C)=C/c1c(C)c(C)c(C)c(N)c1C. The van der Waals surface area contributed by atoms with Crippen molar-refractivity contribution in [3.63, 3.8) is 0 Å². The first kappa shape index (κ1) is 16.8. The van der Waals surface area contributed by atoms with Gasteiger partial charge >= 0.3 is 0 Å². The topological polar surface area (TPSA) is 26.0 Å². The van der Waals surface area contributed by atoms with Crippen LogP contribution >= 0.6 is 0 Å². The minimum absolute atomic E-state index is 0.943. The van der Waals surface area contributed by atoms with Crippen molar-refractivity contribution >= 4 is 11.8 Å². The maximum atomic E-state index is 6.14. The molecule has 0 saturated heterocycles. The Hall–Kier alpha value is -1.24. The molecule has 1 rings (SSSR count). The highest BCUT2D eigenvalue weighted by Crippen LogP contribution is 2.30. The van der Waals surface area contributed by atoms with Crippen molar-refractivity contribution in [2.45, 2.75) is 61.8 Å². The molecule has 1 nitrogen and oxygen atoms in total. The summed E-state index contributed by atoms with van der Waals surface area (Å²) in [5.41, 5.74) is 14.9. The summed E-state index contributed by atoms with van der Waals surface area (Å²) < 4.78 is 0. The predicted octanol–water partition coefficient (Wildman–Crippen LogP) is 5.34. The number of rotatable bonds is 2. The lowest BCUT2D eigenvalue weighted by atomic mass is 9.91. The van der Waals surface area contributed by atoms with Crippen LogP contribution in [0.2, 0.25) is 0 Å². The predicted molar refractivity (Wildman–Crippen MR) is 85.1 cm³/mol. The molecule has 0 unspecified atom stereocenters. The van der Waals surface area contributed by atoms with Gasteiger partial charge in [-0.2, -0.15) is 0 Å². The van der Waals surface area contributed by atoms with Gasteiger partial charge < -0.3 is 5.73 Å². The van der Waals surface area contributed by atoms with Gasteiger partial charge in [-0.15, -0.1) is 0 Å². The van der Waals surface area contributed by atoms with Crippen LogP contribution in [0.15, 0.2) is 5.57 Å². The van der Waals surface area contributed by atoms with Crippen LogP contribution < -0.4 is 5.73 Å². The number of nitrogens with two attached hydrogens (primary N) is 1. The molecule has 0 saturated carbocycles. The number of anilines is 1. The molecule has 102 valence electrons. The summed E-state index contributed by atoms with van der Waals surface area (Å²) in [5.74, 6) is 0. The van der Waals surface area contributed by atoms with Crippen LogP contribution in [0.1, 0.15) is 61.9 Å². The number of allylic oxidation sites excluding steroid dienone is 1. The van der Waals surface area contributed by atoms with Crippen LogP contribution in [-0.4, -0.2) is 0 Å². The van der Waals surface area contributed by atoms with Gasteiger partial charge in [-0.05, 0) is 68.9 Å². The Labute approximate surface area is 113 Å². The first-order chi connectivity index (χ1) is 8.40. The van der Waals surface area contributed by atoms with Crippen molar-refractivity contribution in [2.75, 3.05) is 5.73 Å². The maximum absolute atomic E-state index is 6.14. The molecule has 0 aliphatic rings. The van der Waals surface area contributed by atoms with Crippen LogP contribution in [0, 0.1) is 27.7 Å². The average Bonchev–Trinajstić information content (AvgIpc) is 2.41. The van der Waals surface area contributed by atoms with E-state index < -0.39 is 0 Å². The molecule has 0 bridgehead atoms. The normalized spacial score (nSPS) is 11.0. The van der Waals surface area contributed by atoms with Crippen LogP contribution in [0.25, 0.3) is 6.08 Å². The smallest absolute Gasteiger partial charge is 0.0382 e. The molecule has 1 aromatic carbocycles. The van der Waals surface area contributed by atoms with E-state index in [9.17, 15) is 0 Å². The summed E-state index contributed by atoms with van der Waals surface area (Å²) in [5, 5.41) is 0. The molecule has 0 heterocycles. The van der Waals surface area contributed by atoms with Gasteiger partial charge in [0.25, 0.3) is 0 Å². The average molecular weight is 247 g/mol. The summed E-state index contributed by atoms with van der Waals surface area (Å²) in [6.07, 6.45) is 3.36. The monoisotopic (exact) mass is 247 g/mol. The van der Waals surface area contributed by atoms with E-state index in [1.165, 1.54) is 33.4 Å². The molecule has 1 heteroatoms. The standard InChI is InChI=1S/C15H23N.C2H6/c1-7-9(2)8-14-11(4)10(3)12(5)15(16)13(14)6;1-2/h8H,7,16H2,1-6H3;1-2H3/b9-8+;. The summed E-state index contributed by atoms with van der Waals surface area (Å²) in [6, 6.07) is 0. The number of benzene rings is 1. The van der Waals surface area contributed by atoms with E-state index in [4.69, 9.17) is 5.73 Å². The molecule has 2 N–H and O–H groups in total. The fourth-order valence-electron chi connectivity index (χ4n) is 1.96. The Bertz CT molecular complexity index is 410. The van der Waals surface area contributed by atoms with E-state index in [-0.39, 0.29) is 0 Å². The van der Waals surface area contributed by atoms with E-state index in [1.807, 2.05) is 13.8 Å². The Morgan fingerprint density at radius 1 is 0.944 bits per heavy atom. The number of nitrogen functional groups attached to an aromatic ring is 1. The molecule has 0 atom stereocenters. The van der Waals surface area contributed by atoms with E-state index in [0.717, 1.165) is 12.1 Å². The molecule has 0 radical (unpaired) electrons. The zero-order valence-electron chi connectivity index (χ0n) is 13.4. The summed E-state index contributed by atoms with van der Waals surface area (Å²) in [4.78, 5) is 0. The molecule has 0 spiro atoms. The zero-order valence-corrected chi connectivity index (χ0v) is 13.4. The van der Waals surface area contributed by atoms with Crippen molar-refractivity contribution in [2.24, 2.45) is 0 Å². The van der Waals surface area contributed by atoms with Crippen molar-refractivity contribution in [3.8, 4) is 0 Å². The number of hydrogen-bond acceptors (Lipinski definition) is 1. The largest absolute Gasteiger partial charge is 0.398 e. The summed E-state index contributed by atoms with van der Waals surface area (Å²) in [7, 11) is 0. The first-order valence-electron chi connectivity index (χ1n) is 6.93. The molecule has 18 heavy (non-hydrogen) atoms. The van der Waals surface area contributed by atoms with Crippen LogP contribution in [0.4, 0.5) is 5.69 Å². The second-order valence-corrected chi connectivity index (χ2v) is 4.67. The molecule has 0 amide bonds. The third-order valence-electron chi connectivity index (χ3n) is 3.69. The van der Waals surface area contributed by atoms with E-state index >= 15 is 0 Å². The van der Waals surface area contributed by atoms with Crippen LogP contribution in [0.3, 0.4) is 0 Å². The fraction of sp³-hybridized carbons (Fsp3) is 0.529. The minimum Gasteiger partial charge on any atom is -0.398 e. The summed E-state index contributed by atoms with van der Waals surface area (Å²) >= 11 is 0. The maximum Gasteiger partial charge on any atom is 0.0382 e.